The van der Waals surface area contributed by atoms with Gasteiger partial charge in [0.05, 0.1) is 23.9 Å². The molecule has 0 bridgehead atoms. The molecule has 0 saturated carbocycles. The third-order valence-corrected chi connectivity index (χ3v) is 6.28. The van der Waals surface area contributed by atoms with Gasteiger partial charge < -0.3 is 10.1 Å². The Morgan fingerprint density at radius 2 is 1.85 bits per heavy atom. The Morgan fingerprint density at radius 1 is 1.15 bits per heavy atom. The average Bonchev–Trinajstić information content (AvgIpc) is 2.63. The summed E-state index contributed by atoms with van der Waals surface area (Å²) in [5.74, 6) is 0.0165. The van der Waals surface area contributed by atoms with Gasteiger partial charge in [-0.05, 0) is 37.3 Å². The van der Waals surface area contributed by atoms with Crippen LogP contribution in [0.15, 0.2) is 47.4 Å². The average molecular weight is 431 g/mol. The van der Waals surface area contributed by atoms with E-state index in [1.54, 1.807) is 31.2 Å². The van der Waals surface area contributed by atoms with E-state index in [9.17, 15) is 13.2 Å². The van der Waals surface area contributed by atoms with Gasteiger partial charge in [0, 0.05) is 11.6 Å². The van der Waals surface area contributed by atoms with Crippen molar-refractivity contribution in [3.63, 3.8) is 0 Å². The van der Waals surface area contributed by atoms with Gasteiger partial charge in [-0.3, -0.25) is 4.79 Å². The fourth-order valence-electron chi connectivity index (χ4n) is 2.38. The van der Waals surface area contributed by atoms with Crippen LogP contribution in [0.25, 0.3) is 0 Å². The summed E-state index contributed by atoms with van der Waals surface area (Å²) in [4.78, 5) is 12.3. The number of hydrogen-bond donors (Lipinski definition) is 1. The number of carbonyl (C=O) groups is 1. The molecule has 9 heteroatoms. The highest BCUT2D eigenvalue weighted by molar-refractivity contribution is 7.89. The van der Waals surface area contributed by atoms with Gasteiger partial charge in [-0.2, -0.15) is 4.31 Å². The number of nitrogens with zero attached hydrogens (tertiary/aromatic N) is 1. The van der Waals surface area contributed by atoms with Crippen molar-refractivity contribution in [2.24, 2.45) is 0 Å². The SMILES string of the molecule is CCOc1ccccc1NC(=O)CN(CC)S(=O)(=O)c1cc(Cl)ccc1Cl. The van der Waals surface area contributed by atoms with E-state index in [1.807, 2.05) is 6.92 Å². The molecule has 2 rings (SSSR count). The summed E-state index contributed by atoms with van der Waals surface area (Å²) < 4.78 is 32.2. The van der Waals surface area contributed by atoms with E-state index in [2.05, 4.69) is 5.32 Å². The standard InChI is InChI=1S/C18H20Cl2N2O4S/c1-3-22(27(24,25)17-11-13(19)9-10-14(17)20)12-18(23)21-15-7-5-6-8-16(15)26-4-2/h5-11H,3-4,12H2,1-2H3,(H,21,23). The molecule has 0 aliphatic heterocycles. The molecule has 0 aliphatic rings. The monoisotopic (exact) mass is 430 g/mol. The summed E-state index contributed by atoms with van der Waals surface area (Å²) in [5, 5.41) is 2.96. The fraction of sp³-hybridized carbons (Fsp3) is 0.278. The van der Waals surface area contributed by atoms with Crippen molar-refractivity contribution in [3.05, 3.63) is 52.5 Å². The minimum absolute atomic E-state index is 0.0416. The van der Waals surface area contributed by atoms with E-state index < -0.39 is 15.9 Å². The lowest BCUT2D eigenvalue weighted by atomic mass is 10.3. The number of rotatable bonds is 8. The van der Waals surface area contributed by atoms with Crippen LogP contribution in [-0.2, 0) is 14.8 Å². The van der Waals surface area contributed by atoms with Crippen LogP contribution in [0.4, 0.5) is 5.69 Å². The molecule has 6 nitrogen and oxygen atoms in total. The van der Waals surface area contributed by atoms with Crippen molar-refractivity contribution >= 4 is 44.8 Å². The molecular formula is C18H20Cl2N2O4S. The van der Waals surface area contributed by atoms with Crippen LogP contribution in [-0.4, -0.2) is 38.3 Å². The Bertz CT molecular complexity index is 919. The molecule has 27 heavy (non-hydrogen) atoms. The van der Waals surface area contributed by atoms with Crippen LogP contribution in [0.1, 0.15) is 13.8 Å². The van der Waals surface area contributed by atoms with E-state index in [0.29, 0.717) is 18.0 Å². The molecule has 0 saturated heterocycles. The Balaban J connectivity index is 2.21. The molecule has 2 aromatic rings. The number of halogens is 2. The molecule has 0 unspecified atom stereocenters. The Labute approximate surface area is 169 Å². The number of likely N-dealkylation sites (N-methyl/N-ethyl adjacent to an activating group) is 1. The van der Waals surface area contributed by atoms with Crippen molar-refractivity contribution in [2.45, 2.75) is 18.7 Å². The summed E-state index contributed by atoms with van der Waals surface area (Å²) in [6, 6.07) is 11.1. The van der Waals surface area contributed by atoms with E-state index in [0.717, 1.165) is 4.31 Å². The number of para-hydroxylation sites is 2. The Morgan fingerprint density at radius 3 is 2.52 bits per heavy atom. The molecule has 0 aliphatic carbocycles. The number of anilines is 1. The fourth-order valence-corrected chi connectivity index (χ4v) is 4.52. The van der Waals surface area contributed by atoms with Gasteiger partial charge in [-0.1, -0.05) is 42.3 Å². The molecule has 0 radical (unpaired) electrons. The highest BCUT2D eigenvalue weighted by Gasteiger charge is 2.28. The first-order chi connectivity index (χ1) is 12.8. The smallest absolute Gasteiger partial charge is 0.245 e. The van der Waals surface area contributed by atoms with E-state index in [4.69, 9.17) is 27.9 Å². The Hall–Kier alpha value is -1.80. The molecule has 0 heterocycles. The number of benzene rings is 2. The highest BCUT2D eigenvalue weighted by atomic mass is 35.5. The van der Waals surface area contributed by atoms with Crippen LogP contribution in [0.5, 0.6) is 5.75 Å². The second kappa shape index (κ2) is 9.41. The van der Waals surface area contributed by atoms with Crippen LogP contribution < -0.4 is 10.1 Å². The maximum atomic E-state index is 12.9. The first-order valence-electron chi connectivity index (χ1n) is 8.26. The molecular weight excluding hydrogens is 411 g/mol. The highest BCUT2D eigenvalue weighted by Crippen LogP contribution is 2.28. The zero-order chi connectivity index (χ0) is 20.0. The number of amides is 1. The van der Waals surface area contributed by atoms with Crippen molar-refractivity contribution in [1.29, 1.82) is 0 Å². The zero-order valence-corrected chi connectivity index (χ0v) is 17.2. The lowest BCUT2D eigenvalue weighted by molar-refractivity contribution is -0.116. The van der Waals surface area contributed by atoms with E-state index in [1.165, 1.54) is 18.2 Å². The minimum Gasteiger partial charge on any atom is -0.492 e. The van der Waals surface area contributed by atoms with Gasteiger partial charge in [0.2, 0.25) is 15.9 Å². The van der Waals surface area contributed by atoms with E-state index >= 15 is 0 Å². The topological polar surface area (TPSA) is 75.7 Å². The molecule has 1 N–H and O–H groups in total. The predicted molar refractivity (Wildman–Crippen MR) is 107 cm³/mol. The van der Waals surface area contributed by atoms with Gasteiger partial charge in [-0.25, -0.2) is 8.42 Å². The van der Waals surface area contributed by atoms with Crippen LogP contribution in [0.2, 0.25) is 10.0 Å². The first kappa shape index (κ1) is 21.5. The molecule has 146 valence electrons. The molecule has 2 aromatic carbocycles. The van der Waals surface area contributed by atoms with Gasteiger partial charge in [-0.15, -0.1) is 0 Å². The first-order valence-corrected chi connectivity index (χ1v) is 10.5. The van der Waals surface area contributed by atoms with Crippen molar-refractivity contribution in [1.82, 2.24) is 4.31 Å². The molecule has 0 spiro atoms. The van der Waals surface area contributed by atoms with Gasteiger partial charge >= 0.3 is 0 Å². The summed E-state index contributed by atoms with van der Waals surface area (Å²) in [6.45, 7) is 3.62. The van der Waals surface area contributed by atoms with Crippen LogP contribution in [0, 0.1) is 0 Å². The maximum Gasteiger partial charge on any atom is 0.245 e. The van der Waals surface area contributed by atoms with Crippen molar-refractivity contribution in [3.8, 4) is 5.75 Å². The molecule has 0 atom stereocenters. The predicted octanol–water partition coefficient (Wildman–Crippen LogP) is 4.04. The second-order valence-electron chi connectivity index (χ2n) is 5.48. The lowest BCUT2D eigenvalue weighted by Crippen LogP contribution is -2.38. The van der Waals surface area contributed by atoms with Gasteiger partial charge in [0.15, 0.2) is 0 Å². The summed E-state index contributed by atoms with van der Waals surface area (Å²) in [6.07, 6.45) is 0. The largest absolute Gasteiger partial charge is 0.492 e. The third kappa shape index (κ3) is 5.35. The molecule has 0 aromatic heterocycles. The number of nitrogens with one attached hydrogen (secondary N) is 1. The second-order valence-corrected chi connectivity index (χ2v) is 8.23. The maximum absolute atomic E-state index is 12.9. The third-order valence-electron chi connectivity index (χ3n) is 3.64. The number of hydrogen-bond acceptors (Lipinski definition) is 4. The zero-order valence-electron chi connectivity index (χ0n) is 14.9. The number of carbonyl (C=O) groups excluding carboxylic acids is 1. The van der Waals surface area contributed by atoms with E-state index in [-0.39, 0.29) is 28.0 Å². The number of ether oxygens (including phenoxy) is 1. The van der Waals surface area contributed by atoms with Crippen LogP contribution in [0.3, 0.4) is 0 Å². The lowest BCUT2D eigenvalue weighted by Gasteiger charge is -2.21. The molecule has 0 fully saturated rings. The van der Waals surface area contributed by atoms with Crippen molar-refractivity contribution in [2.75, 3.05) is 25.0 Å². The quantitative estimate of drug-likeness (QED) is 0.685. The van der Waals surface area contributed by atoms with Gasteiger partial charge in [0.25, 0.3) is 0 Å². The van der Waals surface area contributed by atoms with Crippen molar-refractivity contribution < 1.29 is 17.9 Å². The molecule has 1 amide bonds. The summed E-state index contributed by atoms with van der Waals surface area (Å²) in [7, 11) is -3.99. The summed E-state index contributed by atoms with van der Waals surface area (Å²) >= 11 is 11.9. The Kier molecular flexibility index (Phi) is 7.49. The normalized spacial score (nSPS) is 11.4. The number of sulfonamides is 1. The van der Waals surface area contributed by atoms with Crippen LogP contribution >= 0.6 is 23.2 Å². The summed E-state index contributed by atoms with van der Waals surface area (Å²) in [5.41, 5.74) is 0.471. The van der Waals surface area contributed by atoms with Gasteiger partial charge in [0.1, 0.15) is 10.6 Å². The minimum atomic E-state index is -3.99.